The second-order valence-electron chi connectivity index (χ2n) is 9.13. The smallest absolute Gasteiger partial charge is 0.229 e. The van der Waals surface area contributed by atoms with Crippen LogP contribution in [0.2, 0.25) is 0 Å². The van der Waals surface area contributed by atoms with E-state index in [9.17, 15) is 8.42 Å². The van der Waals surface area contributed by atoms with E-state index in [0.29, 0.717) is 22.2 Å². The average molecular weight is 549 g/mol. The molecule has 5 rings (SSSR count). The fourth-order valence-corrected chi connectivity index (χ4v) is 5.95. The van der Waals surface area contributed by atoms with Gasteiger partial charge in [0, 0.05) is 29.5 Å². The number of aromatic nitrogens is 3. The molecular formula is C27H28N6O3S2. The standard InChI is InChI=1S/C27H28N6O3S2/c1-17-14-21(18(2)32(17)20-8-7-12-28-16-20)26-25(22-9-5-6-13-29-22)30-27(37)33(26)19-10-11-24(36-3)23(15-19)31-38(4,34)35/h5-16,25-26,31H,1-4H3,(H,30,37)/t25-,26+/m1/s1. The van der Waals surface area contributed by atoms with Gasteiger partial charge < -0.3 is 19.5 Å². The van der Waals surface area contributed by atoms with Gasteiger partial charge in [-0.25, -0.2) is 8.42 Å². The zero-order valence-corrected chi connectivity index (χ0v) is 23.0. The Morgan fingerprint density at radius 3 is 2.53 bits per heavy atom. The number of thiocarbonyl (C=S) groups is 1. The maximum absolute atomic E-state index is 12.1. The molecule has 196 valence electrons. The second kappa shape index (κ2) is 10.1. The monoisotopic (exact) mass is 548 g/mol. The van der Waals surface area contributed by atoms with Crippen molar-refractivity contribution < 1.29 is 13.2 Å². The van der Waals surface area contributed by atoms with Gasteiger partial charge in [-0.15, -0.1) is 0 Å². The molecule has 3 aromatic heterocycles. The van der Waals surface area contributed by atoms with Crippen LogP contribution in [-0.4, -0.2) is 41.4 Å². The fourth-order valence-electron chi connectivity index (χ4n) is 5.04. The normalized spacial score (nSPS) is 17.4. The van der Waals surface area contributed by atoms with Gasteiger partial charge in [-0.1, -0.05) is 6.07 Å². The van der Waals surface area contributed by atoms with Crippen LogP contribution in [-0.2, 0) is 10.0 Å². The Kier molecular flexibility index (Phi) is 6.80. The quantitative estimate of drug-likeness (QED) is 0.327. The number of nitrogens with one attached hydrogen (secondary N) is 2. The maximum atomic E-state index is 12.1. The van der Waals surface area contributed by atoms with Crippen molar-refractivity contribution in [3.05, 3.63) is 95.8 Å². The number of ether oxygens (including phenoxy) is 1. The molecule has 0 spiro atoms. The summed E-state index contributed by atoms with van der Waals surface area (Å²) in [5, 5.41) is 3.97. The van der Waals surface area contributed by atoms with E-state index >= 15 is 0 Å². The summed E-state index contributed by atoms with van der Waals surface area (Å²) in [6.07, 6.45) is 6.46. The van der Waals surface area contributed by atoms with Gasteiger partial charge in [0.1, 0.15) is 5.75 Å². The van der Waals surface area contributed by atoms with Crippen LogP contribution in [0.3, 0.4) is 0 Å². The van der Waals surface area contributed by atoms with Gasteiger partial charge in [-0.3, -0.25) is 14.7 Å². The number of sulfonamides is 1. The first-order valence-corrected chi connectivity index (χ1v) is 14.2. The molecule has 2 atom stereocenters. The highest BCUT2D eigenvalue weighted by atomic mass is 32.2. The first-order chi connectivity index (χ1) is 18.2. The van der Waals surface area contributed by atoms with E-state index in [-0.39, 0.29) is 12.1 Å². The Morgan fingerprint density at radius 1 is 1.05 bits per heavy atom. The van der Waals surface area contributed by atoms with Gasteiger partial charge in [-0.05, 0) is 80.2 Å². The maximum Gasteiger partial charge on any atom is 0.229 e. The molecular weight excluding hydrogens is 520 g/mol. The highest BCUT2D eigenvalue weighted by Gasteiger charge is 2.42. The fraction of sp³-hybridized carbons (Fsp3) is 0.222. The minimum Gasteiger partial charge on any atom is -0.495 e. The van der Waals surface area contributed by atoms with Crippen molar-refractivity contribution in [2.24, 2.45) is 0 Å². The topological polar surface area (TPSA) is 101 Å². The van der Waals surface area contributed by atoms with Gasteiger partial charge in [0.2, 0.25) is 10.0 Å². The average Bonchev–Trinajstić information content (AvgIpc) is 3.39. The first kappa shape index (κ1) is 25.7. The molecule has 2 N–H and O–H groups in total. The van der Waals surface area contributed by atoms with E-state index in [4.69, 9.17) is 17.0 Å². The van der Waals surface area contributed by atoms with Crippen LogP contribution >= 0.6 is 12.2 Å². The molecule has 1 fully saturated rings. The van der Waals surface area contributed by atoms with Gasteiger partial charge in [0.05, 0.1) is 48.7 Å². The third-order valence-electron chi connectivity index (χ3n) is 6.55. The number of nitrogens with zero attached hydrogens (tertiary/aromatic N) is 4. The third kappa shape index (κ3) is 4.82. The van der Waals surface area contributed by atoms with Crippen LogP contribution in [0.5, 0.6) is 5.75 Å². The van der Waals surface area contributed by atoms with E-state index in [1.807, 2.05) is 47.5 Å². The SMILES string of the molecule is COc1ccc(N2C(=S)N[C@H](c3ccccn3)[C@@H]2c2cc(C)n(-c3cccnc3)c2C)cc1NS(C)(=O)=O. The van der Waals surface area contributed by atoms with Crippen molar-refractivity contribution in [3.63, 3.8) is 0 Å². The molecule has 4 heterocycles. The van der Waals surface area contributed by atoms with Crippen LogP contribution < -0.4 is 19.7 Å². The number of aryl methyl sites for hydroxylation is 1. The Bertz CT molecular complexity index is 1590. The summed E-state index contributed by atoms with van der Waals surface area (Å²) in [7, 11) is -2.04. The first-order valence-electron chi connectivity index (χ1n) is 11.9. The Hall–Kier alpha value is -3.96. The molecule has 11 heteroatoms. The molecule has 0 saturated carbocycles. The minimum atomic E-state index is -3.54. The van der Waals surface area contributed by atoms with Gasteiger partial charge in [-0.2, -0.15) is 0 Å². The van der Waals surface area contributed by atoms with E-state index in [1.165, 1.54) is 7.11 Å². The number of pyridine rings is 2. The predicted molar refractivity (Wildman–Crippen MR) is 152 cm³/mol. The van der Waals surface area contributed by atoms with E-state index in [2.05, 4.69) is 44.5 Å². The van der Waals surface area contributed by atoms with E-state index in [0.717, 1.165) is 34.6 Å². The number of anilines is 2. The summed E-state index contributed by atoms with van der Waals surface area (Å²) in [5.41, 5.74) is 6.00. The molecule has 0 radical (unpaired) electrons. The molecule has 38 heavy (non-hydrogen) atoms. The van der Waals surface area contributed by atoms with Crippen LogP contribution in [0.25, 0.3) is 5.69 Å². The lowest BCUT2D eigenvalue weighted by Crippen LogP contribution is -2.29. The van der Waals surface area contributed by atoms with Crippen LogP contribution in [0.4, 0.5) is 11.4 Å². The molecule has 0 unspecified atom stereocenters. The molecule has 0 bridgehead atoms. The molecule has 1 saturated heterocycles. The molecule has 1 aliphatic heterocycles. The van der Waals surface area contributed by atoms with Crippen molar-refractivity contribution in [2.75, 3.05) is 23.0 Å². The van der Waals surface area contributed by atoms with Crippen molar-refractivity contribution in [1.82, 2.24) is 19.9 Å². The zero-order chi connectivity index (χ0) is 27.0. The largest absolute Gasteiger partial charge is 0.495 e. The van der Waals surface area contributed by atoms with E-state index in [1.54, 1.807) is 24.5 Å². The Morgan fingerprint density at radius 2 is 1.87 bits per heavy atom. The summed E-state index contributed by atoms with van der Waals surface area (Å²) in [4.78, 5) is 10.9. The van der Waals surface area contributed by atoms with Crippen LogP contribution in [0.1, 0.15) is 34.7 Å². The number of hydrogen-bond donors (Lipinski definition) is 2. The van der Waals surface area contributed by atoms with Crippen LogP contribution in [0.15, 0.2) is 73.2 Å². The predicted octanol–water partition coefficient (Wildman–Crippen LogP) is 4.44. The van der Waals surface area contributed by atoms with E-state index < -0.39 is 10.0 Å². The lowest BCUT2D eigenvalue weighted by atomic mass is 9.96. The zero-order valence-electron chi connectivity index (χ0n) is 21.4. The summed E-state index contributed by atoms with van der Waals surface area (Å²) in [5.74, 6) is 0.407. The van der Waals surface area contributed by atoms with Crippen LogP contribution in [0, 0.1) is 13.8 Å². The van der Waals surface area contributed by atoms with Crippen molar-refractivity contribution in [3.8, 4) is 11.4 Å². The Labute approximate surface area is 227 Å². The summed E-state index contributed by atoms with van der Waals surface area (Å²) in [6.45, 7) is 4.14. The van der Waals surface area contributed by atoms with Crippen molar-refractivity contribution >= 4 is 38.7 Å². The number of benzene rings is 1. The van der Waals surface area contributed by atoms with Crippen molar-refractivity contribution in [1.29, 1.82) is 0 Å². The Balaban J connectivity index is 1.68. The molecule has 0 amide bonds. The molecule has 4 aromatic rings. The number of hydrogen-bond acceptors (Lipinski definition) is 6. The number of methoxy groups -OCH3 is 1. The summed E-state index contributed by atoms with van der Waals surface area (Å²) in [6, 6.07) is 16.7. The summed E-state index contributed by atoms with van der Waals surface area (Å²) >= 11 is 5.87. The third-order valence-corrected chi connectivity index (χ3v) is 7.45. The molecule has 1 aromatic carbocycles. The molecule has 1 aliphatic rings. The van der Waals surface area contributed by atoms with Gasteiger partial charge in [0.25, 0.3) is 0 Å². The lowest BCUT2D eigenvalue weighted by Gasteiger charge is -2.29. The molecule has 0 aliphatic carbocycles. The highest BCUT2D eigenvalue weighted by molar-refractivity contribution is 7.92. The minimum absolute atomic E-state index is 0.250. The highest BCUT2D eigenvalue weighted by Crippen LogP contribution is 2.45. The second-order valence-corrected chi connectivity index (χ2v) is 11.3. The molecule has 9 nitrogen and oxygen atoms in total. The van der Waals surface area contributed by atoms with Gasteiger partial charge >= 0.3 is 0 Å². The van der Waals surface area contributed by atoms with Gasteiger partial charge in [0.15, 0.2) is 5.11 Å². The lowest BCUT2D eigenvalue weighted by molar-refractivity contribution is 0.417. The number of rotatable bonds is 7. The van der Waals surface area contributed by atoms with Crippen molar-refractivity contribution in [2.45, 2.75) is 25.9 Å². The summed E-state index contributed by atoms with van der Waals surface area (Å²) < 4.78 is 34.3.